The van der Waals surface area contributed by atoms with Crippen LogP contribution in [0.25, 0.3) is 0 Å². The Kier molecular flexibility index (Phi) is 7.21. The molecule has 0 spiro atoms. The normalized spacial score (nSPS) is 19.9. The molecule has 0 unspecified atom stereocenters. The Morgan fingerprint density at radius 1 is 0.964 bits per heavy atom. The van der Waals surface area contributed by atoms with Crippen LogP contribution >= 0.6 is 11.6 Å². The summed E-state index contributed by atoms with van der Waals surface area (Å²) in [6.07, 6.45) is 3.86. The number of benzene rings is 2. The molecule has 0 aliphatic heterocycles. The number of halogens is 1. The number of anilines is 1. The molecule has 152 valence electrons. The van der Waals surface area contributed by atoms with Crippen LogP contribution in [0.5, 0.6) is 11.5 Å². The number of hydrogen-bond acceptors (Lipinski definition) is 4. The monoisotopic (exact) mass is 422 g/mol. The van der Waals surface area contributed by atoms with Crippen molar-refractivity contribution in [1.29, 1.82) is 0 Å². The predicted octanol–water partition coefficient (Wildman–Crippen LogP) is 5.04. The van der Waals surface area contributed by atoms with E-state index < -0.39 is 10.0 Å². The van der Waals surface area contributed by atoms with Gasteiger partial charge in [-0.25, -0.2) is 13.1 Å². The summed E-state index contributed by atoms with van der Waals surface area (Å²) in [7, 11) is -3.10. The van der Waals surface area contributed by atoms with Crippen molar-refractivity contribution < 1.29 is 13.2 Å². The fourth-order valence-corrected chi connectivity index (χ4v) is 4.40. The lowest BCUT2D eigenvalue weighted by molar-refractivity contribution is 0.324. The van der Waals surface area contributed by atoms with E-state index in [9.17, 15) is 8.42 Å². The zero-order chi connectivity index (χ0) is 20.0. The maximum atomic E-state index is 11.7. The first-order valence-electron chi connectivity index (χ1n) is 9.71. The number of nitrogens with one attached hydrogen (secondary N) is 2. The van der Waals surface area contributed by atoms with Crippen molar-refractivity contribution in [1.82, 2.24) is 4.72 Å². The summed E-state index contributed by atoms with van der Waals surface area (Å²) in [5.74, 6) is 2.23. The van der Waals surface area contributed by atoms with Crippen LogP contribution in [0.1, 0.15) is 32.6 Å². The molecular formula is C21H27ClN2O3S. The molecule has 1 saturated carbocycles. The molecule has 0 atom stereocenters. The van der Waals surface area contributed by atoms with Crippen LogP contribution in [0.4, 0.5) is 5.69 Å². The summed E-state index contributed by atoms with van der Waals surface area (Å²) in [6, 6.07) is 15.3. The molecule has 0 aromatic heterocycles. The van der Waals surface area contributed by atoms with Gasteiger partial charge in [-0.2, -0.15) is 0 Å². The number of hydrogen-bond donors (Lipinski definition) is 2. The first-order valence-corrected chi connectivity index (χ1v) is 11.7. The average molecular weight is 423 g/mol. The molecule has 2 aromatic carbocycles. The zero-order valence-corrected chi connectivity index (χ0v) is 17.6. The Morgan fingerprint density at radius 2 is 1.54 bits per heavy atom. The van der Waals surface area contributed by atoms with Gasteiger partial charge in [-0.15, -0.1) is 0 Å². The fourth-order valence-electron chi connectivity index (χ4n) is 3.36. The Balaban J connectivity index is 1.42. The maximum Gasteiger partial charge on any atom is 0.211 e. The Bertz CT molecular complexity index is 846. The summed E-state index contributed by atoms with van der Waals surface area (Å²) in [4.78, 5) is 0. The third-order valence-electron chi connectivity index (χ3n) is 5.07. The van der Waals surface area contributed by atoms with Gasteiger partial charge in [-0.3, -0.25) is 0 Å². The Labute approximate surface area is 172 Å². The second-order valence-electron chi connectivity index (χ2n) is 7.20. The first-order chi connectivity index (χ1) is 13.4. The molecule has 28 heavy (non-hydrogen) atoms. The van der Waals surface area contributed by atoms with Gasteiger partial charge >= 0.3 is 0 Å². The minimum Gasteiger partial charge on any atom is -0.457 e. The van der Waals surface area contributed by atoms with Gasteiger partial charge in [-0.05, 0) is 87.1 Å². The SMILES string of the molecule is CCS(=O)(=O)N[C@H]1CC[C@H](CNc2ccc(Oc3ccc(Cl)cc3)cc2)CC1. The molecule has 1 aliphatic rings. The van der Waals surface area contributed by atoms with E-state index >= 15 is 0 Å². The van der Waals surface area contributed by atoms with Gasteiger partial charge < -0.3 is 10.1 Å². The molecule has 0 amide bonds. The van der Waals surface area contributed by atoms with Crippen molar-refractivity contribution in [2.75, 3.05) is 17.6 Å². The second-order valence-corrected chi connectivity index (χ2v) is 9.68. The summed E-state index contributed by atoms with van der Waals surface area (Å²) in [6.45, 7) is 2.56. The lowest BCUT2D eigenvalue weighted by Gasteiger charge is -2.29. The molecule has 0 heterocycles. The van der Waals surface area contributed by atoms with Gasteiger partial charge in [0.1, 0.15) is 11.5 Å². The molecule has 3 rings (SSSR count). The lowest BCUT2D eigenvalue weighted by atomic mass is 9.86. The highest BCUT2D eigenvalue weighted by molar-refractivity contribution is 7.89. The van der Waals surface area contributed by atoms with Crippen LogP contribution in [-0.4, -0.2) is 26.8 Å². The fraction of sp³-hybridized carbons (Fsp3) is 0.429. The first kappa shape index (κ1) is 21.0. The standard InChI is InChI=1S/C21H27ClN2O3S/c1-2-28(25,26)24-19-7-3-16(4-8-19)15-23-18-9-13-21(14-10-18)27-20-11-5-17(22)6-12-20/h5-6,9-14,16,19,23-24H,2-4,7-8,15H2,1H3/t16-,19-. The molecule has 2 aromatic rings. The summed E-state index contributed by atoms with van der Waals surface area (Å²) >= 11 is 5.88. The van der Waals surface area contributed by atoms with Crippen molar-refractivity contribution in [2.45, 2.75) is 38.6 Å². The van der Waals surface area contributed by atoms with Gasteiger partial charge in [-0.1, -0.05) is 11.6 Å². The predicted molar refractivity (Wildman–Crippen MR) is 115 cm³/mol. The minimum absolute atomic E-state index is 0.0884. The second kappa shape index (κ2) is 9.63. The van der Waals surface area contributed by atoms with Gasteiger partial charge in [0, 0.05) is 23.3 Å². The van der Waals surface area contributed by atoms with Crippen LogP contribution in [-0.2, 0) is 10.0 Å². The Morgan fingerprint density at radius 3 is 2.11 bits per heavy atom. The molecular weight excluding hydrogens is 396 g/mol. The van der Waals surface area contributed by atoms with Gasteiger partial charge in [0.15, 0.2) is 0 Å². The van der Waals surface area contributed by atoms with Gasteiger partial charge in [0.2, 0.25) is 10.0 Å². The number of ether oxygens (including phenoxy) is 1. The highest BCUT2D eigenvalue weighted by Crippen LogP contribution is 2.27. The molecule has 5 nitrogen and oxygen atoms in total. The molecule has 2 N–H and O–H groups in total. The molecule has 1 aliphatic carbocycles. The largest absolute Gasteiger partial charge is 0.457 e. The van der Waals surface area contributed by atoms with Crippen molar-refractivity contribution in [3.8, 4) is 11.5 Å². The van der Waals surface area contributed by atoms with Crippen LogP contribution in [0.15, 0.2) is 48.5 Å². The van der Waals surface area contributed by atoms with E-state index in [2.05, 4.69) is 10.0 Å². The number of rotatable bonds is 8. The van der Waals surface area contributed by atoms with E-state index in [-0.39, 0.29) is 11.8 Å². The van der Waals surface area contributed by atoms with Crippen molar-refractivity contribution >= 4 is 27.3 Å². The highest BCUT2D eigenvalue weighted by atomic mass is 35.5. The van der Waals surface area contributed by atoms with Crippen molar-refractivity contribution in [2.24, 2.45) is 5.92 Å². The molecule has 0 bridgehead atoms. The van der Waals surface area contributed by atoms with E-state index in [0.717, 1.165) is 49.4 Å². The molecule has 7 heteroatoms. The summed E-state index contributed by atoms with van der Waals surface area (Å²) < 4.78 is 32.0. The zero-order valence-electron chi connectivity index (χ0n) is 16.0. The average Bonchev–Trinajstić information content (AvgIpc) is 2.70. The van der Waals surface area contributed by atoms with Crippen LogP contribution in [0.2, 0.25) is 5.02 Å². The van der Waals surface area contributed by atoms with E-state index in [1.807, 2.05) is 36.4 Å². The summed E-state index contributed by atoms with van der Waals surface area (Å²) in [5, 5.41) is 4.16. The maximum absolute atomic E-state index is 11.7. The summed E-state index contributed by atoms with van der Waals surface area (Å²) in [5.41, 5.74) is 1.05. The van der Waals surface area contributed by atoms with E-state index in [4.69, 9.17) is 16.3 Å². The van der Waals surface area contributed by atoms with E-state index in [1.165, 1.54) is 0 Å². The van der Waals surface area contributed by atoms with E-state index in [1.54, 1.807) is 19.1 Å². The molecule has 0 saturated heterocycles. The van der Waals surface area contributed by atoms with Gasteiger partial charge in [0.25, 0.3) is 0 Å². The Hall–Kier alpha value is -1.76. The number of sulfonamides is 1. The van der Waals surface area contributed by atoms with Gasteiger partial charge in [0.05, 0.1) is 5.75 Å². The quantitative estimate of drug-likeness (QED) is 0.625. The van der Waals surface area contributed by atoms with Crippen LogP contribution < -0.4 is 14.8 Å². The minimum atomic E-state index is -3.10. The highest BCUT2D eigenvalue weighted by Gasteiger charge is 2.23. The molecule has 0 radical (unpaired) electrons. The smallest absolute Gasteiger partial charge is 0.211 e. The van der Waals surface area contributed by atoms with Crippen molar-refractivity contribution in [3.05, 3.63) is 53.6 Å². The third-order valence-corrected chi connectivity index (χ3v) is 6.78. The van der Waals surface area contributed by atoms with E-state index in [0.29, 0.717) is 10.9 Å². The van der Waals surface area contributed by atoms with Crippen LogP contribution in [0, 0.1) is 5.92 Å². The molecule has 1 fully saturated rings. The lowest BCUT2D eigenvalue weighted by Crippen LogP contribution is -2.39. The van der Waals surface area contributed by atoms with Crippen LogP contribution in [0.3, 0.4) is 0 Å². The van der Waals surface area contributed by atoms with Crippen molar-refractivity contribution in [3.63, 3.8) is 0 Å². The topological polar surface area (TPSA) is 67.4 Å². The third kappa shape index (κ3) is 6.40.